The van der Waals surface area contributed by atoms with E-state index in [1.165, 1.54) is 14.2 Å². The molecule has 11 heteroatoms. The van der Waals surface area contributed by atoms with Crippen molar-refractivity contribution in [3.63, 3.8) is 0 Å². The van der Waals surface area contributed by atoms with E-state index in [4.69, 9.17) is 32.2 Å². The molecule has 0 aromatic heterocycles. The highest BCUT2D eigenvalue weighted by Crippen LogP contribution is 2.30. The molecule has 0 heterocycles. The molecule has 0 aliphatic carbocycles. The number of rotatable bonds is 11. The first kappa shape index (κ1) is 21.8. The lowest BCUT2D eigenvalue weighted by atomic mass is 9.96. The smallest absolute Gasteiger partial charge is 0.385 e. The van der Waals surface area contributed by atoms with Crippen molar-refractivity contribution in [3.05, 3.63) is 33.8 Å². The standard InChI is InChI=1S/C13H18Cl2O7P2/c1-19-23(17)21-8-13(16,9-22-24(18)20-2)6-5-10-3-4-11(14)12(15)7-10/h3-4,7,16H,5-6,8-9H2,1-2H3/q+2. The molecule has 0 amide bonds. The second-order valence-corrected chi connectivity index (χ2v) is 7.79. The van der Waals surface area contributed by atoms with Crippen molar-refractivity contribution < 1.29 is 32.3 Å². The van der Waals surface area contributed by atoms with Crippen LogP contribution in [0, 0.1) is 0 Å². The summed E-state index contributed by atoms with van der Waals surface area (Å²) in [4.78, 5) is 0. The molecular formula is C13H18Cl2O7P2+2. The molecule has 0 spiro atoms. The highest BCUT2D eigenvalue weighted by Gasteiger charge is 2.37. The van der Waals surface area contributed by atoms with Crippen LogP contribution in [0.5, 0.6) is 0 Å². The summed E-state index contributed by atoms with van der Waals surface area (Å²) in [5.74, 6) is 0. The monoisotopic (exact) mass is 418 g/mol. The molecule has 0 aliphatic heterocycles. The number of halogens is 2. The highest BCUT2D eigenvalue weighted by molar-refractivity contribution is 7.33. The van der Waals surface area contributed by atoms with Crippen LogP contribution in [0.1, 0.15) is 12.0 Å². The van der Waals surface area contributed by atoms with Crippen LogP contribution in [0.3, 0.4) is 0 Å². The van der Waals surface area contributed by atoms with E-state index in [1.54, 1.807) is 18.2 Å². The Morgan fingerprint density at radius 3 is 2.04 bits per heavy atom. The van der Waals surface area contributed by atoms with Crippen molar-refractivity contribution in [3.8, 4) is 0 Å². The fraction of sp³-hybridized carbons (Fsp3) is 0.538. The summed E-state index contributed by atoms with van der Waals surface area (Å²) in [7, 11) is -2.28. The molecule has 0 saturated heterocycles. The lowest BCUT2D eigenvalue weighted by Gasteiger charge is -2.22. The van der Waals surface area contributed by atoms with Crippen LogP contribution in [-0.4, -0.2) is 38.1 Å². The van der Waals surface area contributed by atoms with E-state index >= 15 is 0 Å². The van der Waals surface area contributed by atoms with E-state index in [1.807, 2.05) is 0 Å². The molecule has 1 aromatic carbocycles. The quantitative estimate of drug-likeness (QED) is 0.535. The first-order valence-electron chi connectivity index (χ1n) is 6.74. The molecule has 0 aliphatic rings. The van der Waals surface area contributed by atoms with Gasteiger partial charge in [0.05, 0.1) is 24.3 Å². The van der Waals surface area contributed by atoms with Gasteiger partial charge in [-0.15, -0.1) is 18.1 Å². The third-order valence-corrected chi connectivity index (χ3v) is 5.05. The van der Waals surface area contributed by atoms with Gasteiger partial charge in [-0.25, -0.2) is 0 Å². The van der Waals surface area contributed by atoms with Gasteiger partial charge in [0.15, 0.2) is 0 Å². The fourth-order valence-corrected chi connectivity index (χ4v) is 2.93. The molecule has 1 aromatic rings. The van der Waals surface area contributed by atoms with Crippen molar-refractivity contribution in [1.29, 1.82) is 0 Å². The van der Waals surface area contributed by atoms with Crippen molar-refractivity contribution in [1.82, 2.24) is 0 Å². The van der Waals surface area contributed by atoms with Crippen molar-refractivity contribution >= 4 is 39.7 Å². The van der Waals surface area contributed by atoms with Crippen LogP contribution in [0.25, 0.3) is 0 Å². The van der Waals surface area contributed by atoms with Crippen molar-refractivity contribution in [2.45, 2.75) is 18.4 Å². The van der Waals surface area contributed by atoms with Crippen LogP contribution < -0.4 is 0 Å². The zero-order valence-electron chi connectivity index (χ0n) is 13.1. The van der Waals surface area contributed by atoms with Gasteiger partial charge in [-0.1, -0.05) is 29.3 Å². The maximum Gasteiger partial charge on any atom is 0.697 e. The molecule has 1 N–H and O–H groups in total. The summed E-state index contributed by atoms with van der Waals surface area (Å²) in [6.07, 6.45) is 0.582. The zero-order valence-corrected chi connectivity index (χ0v) is 16.4. The van der Waals surface area contributed by atoms with Crippen LogP contribution >= 0.6 is 39.7 Å². The van der Waals surface area contributed by atoms with Gasteiger partial charge in [0.25, 0.3) is 0 Å². The first-order valence-corrected chi connectivity index (χ1v) is 9.69. The van der Waals surface area contributed by atoms with E-state index in [0.29, 0.717) is 16.5 Å². The van der Waals surface area contributed by atoms with Gasteiger partial charge < -0.3 is 5.11 Å². The first-order chi connectivity index (χ1) is 11.3. The maximum atomic E-state index is 11.2. The molecule has 0 fully saturated rings. The molecule has 0 saturated carbocycles. The number of aryl methyl sites for hydroxylation is 1. The van der Waals surface area contributed by atoms with Gasteiger partial charge in [-0.2, -0.15) is 0 Å². The Kier molecular flexibility index (Phi) is 9.75. The summed E-state index contributed by atoms with van der Waals surface area (Å²) in [6.45, 7) is -0.658. The summed E-state index contributed by atoms with van der Waals surface area (Å²) < 4.78 is 41.4. The summed E-state index contributed by atoms with van der Waals surface area (Å²) in [5.41, 5.74) is -0.714. The largest absolute Gasteiger partial charge is 0.697 e. The lowest BCUT2D eigenvalue weighted by Crippen LogP contribution is -2.39. The Morgan fingerprint density at radius 1 is 1.04 bits per heavy atom. The van der Waals surface area contributed by atoms with E-state index < -0.39 is 22.1 Å². The van der Waals surface area contributed by atoms with Crippen LogP contribution in [0.15, 0.2) is 18.2 Å². The number of aliphatic hydroxyl groups is 1. The maximum absolute atomic E-state index is 11.2. The summed E-state index contributed by atoms with van der Waals surface area (Å²) in [6, 6.07) is 5.09. The van der Waals surface area contributed by atoms with E-state index in [2.05, 4.69) is 9.05 Å². The second kappa shape index (κ2) is 10.7. The van der Waals surface area contributed by atoms with E-state index in [0.717, 1.165) is 5.56 Å². The summed E-state index contributed by atoms with van der Waals surface area (Å²) in [5, 5.41) is 11.4. The molecule has 7 nitrogen and oxygen atoms in total. The molecule has 1 rings (SSSR count). The van der Waals surface area contributed by atoms with Crippen molar-refractivity contribution in [2.75, 3.05) is 27.4 Å². The fourth-order valence-electron chi connectivity index (χ4n) is 1.71. The predicted molar refractivity (Wildman–Crippen MR) is 90.9 cm³/mol. The molecule has 24 heavy (non-hydrogen) atoms. The van der Waals surface area contributed by atoms with Crippen molar-refractivity contribution in [2.24, 2.45) is 0 Å². The Hall–Kier alpha value is -0.200. The third-order valence-electron chi connectivity index (χ3n) is 3.04. The molecule has 0 bridgehead atoms. The Bertz CT molecular complexity index is 565. The Labute approximate surface area is 152 Å². The zero-order chi connectivity index (χ0) is 18.2. The molecule has 0 radical (unpaired) electrons. The van der Waals surface area contributed by atoms with Gasteiger partial charge >= 0.3 is 16.5 Å². The minimum absolute atomic E-state index is 0.171. The summed E-state index contributed by atoms with van der Waals surface area (Å²) >= 11 is 11.8. The van der Waals surface area contributed by atoms with E-state index in [9.17, 15) is 14.2 Å². The highest BCUT2D eigenvalue weighted by atomic mass is 35.5. The van der Waals surface area contributed by atoms with Gasteiger partial charge in [-0.3, -0.25) is 0 Å². The average Bonchev–Trinajstić information content (AvgIpc) is 2.58. The average molecular weight is 419 g/mol. The second-order valence-electron chi connectivity index (χ2n) is 4.83. The van der Waals surface area contributed by atoms with Crippen LogP contribution in [0.4, 0.5) is 0 Å². The SMILES string of the molecule is CO[P+](=O)OCC(O)(CCc1ccc(Cl)c(Cl)c1)CO[P+](=O)OC. The van der Waals surface area contributed by atoms with Gasteiger partial charge in [0.2, 0.25) is 0 Å². The van der Waals surface area contributed by atoms with Gasteiger partial charge in [0.1, 0.15) is 18.8 Å². The third kappa shape index (κ3) is 7.79. The number of hydrogen-bond donors (Lipinski definition) is 1. The Balaban J connectivity index is 2.73. The normalized spacial score (nSPS) is 15.0. The molecular weight excluding hydrogens is 401 g/mol. The Morgan fingerprint density at radius 2 is 1.58 bits per heavy atom. The van der Waals surface area contributed by atoms with Gasteiger partial charge in [0, 0.05) is 9.13 Å². The van der Waals surface area contributed by atoms with Gasteiger partial charge in [-0.05, 0) is 30.5 Å². The molecule has 2 atom stereocenters. The minimum atomic E-state index is -2.36. The number of benzene rings is 1. The topological polar surface area (TPSA) is 91.3 Å². The predicted octanol–water partition coefficient (Wildman–Crippen LogP) is 4.30. The lowest BCUT2D eigenvalue weighted by molar-refractivity contribution is -0.0474. The molecule has 134 valence electrons. The molecule has 2 unspecified atom stereocenters. The minimum Gasteiger partial charge on any atom is -0.385 e. The van der Waals surface area contributed by atoms with Crippen LogP contribution in [0.2, 0.25) is 10.0 Å². The van der Waals surface area contributed by atoms with Crippen LogP contribution in [-0.2, 0) is 33.6 Å². The number of hydrogen-bond acceptors (Lipinski definition) is 7. The van der Waals surface area contributed by atoms with E-state index in [-0.39, 0.29) is 19.6 Å².